The van der Waals surface area contributed by atoms with Crippen LogP contribution in [0, 0.1) is 10.5 Å². The van der Waals surface area contributed by atoms with E-state index in [9.17, 15) is 0 Å². The molecule has 3 rings (SSSR count). The molecule has 0 aliphatic carbocycles. The molecule has 3 heterocycles. The van der Waals surface area contributed by atoms with Crippen LogP contribution in [0.25, 0.3) is 0 Å². The SMILES string of the molecule is Cc1nn(C2CCOCC2)cc1Nc1ncc(I)cn1. The maximum absolute atomic E-state index is 5.39. The van der Waals surface area contributed by atoms with E-state index >= 15 is 0 Å². The van der Waals surface area contributed by atoms with Crippen molar-refractivity contribution in [2.24, 2.45) is 0 Å². The molecule has 106 valence electrons. The second kappa shape index (κ2) is 6.04. The molecule has 0 unspecified atom stereocenters. The van der Waals surface area contributed by atoms with Gasteiger partial charge in [0.25, 0.3) is 0 Å². The van der Waals surface area contributed by atoms with Crippen molar-refractivity contribution in [1.82, 2.24) is 19.7 Å². The molecule has 6 nitrogen and oxygen atoms in total. The van der Waals surface area contributed by atoms with Crippen LogP contribution in [-0.2, 0) is 4.74 Å². The Labute approximate surface area is 131 Å². The zero-order valence-electron chi connectivity index (χ0n) is 11.2. The van der Waals surface area contributed by atoms with Crippen molar-refractivity contribution < 1.29 is 4.74 Å². The lowest BCUT2D eigenvalue weighted by atomic mass is 10.1. The quantitative estimate of drug-likeness (QED) is 0.824. The minimum absolute atomic E-state index is 0.427. The molecule has 0 aromatic carbocycles. The Bertz CT molecular complexity index is 577. The van der Waals surface area contributed by atoms with Crippen LogP contribution in [-0.4, -0.2) is 33.0 Å². The summed E-state index contributed by atoms with van der Waals surface area (Å²) in [7, 11) is 0. The van der Waals surface area contributed by atoms with E-state index in [0.29, 0.717) is 12.0 Å². The molecule has 0 radical (unpaired) electrons. The maximum atomic E-state index is 5.39. The van der Waals surface area contributed by atoms with E-state index < -0.39 is 0 Å². The first-order chi connectivity index (χ1) is 9.72. The molecule has 7 heteroatoms. The van der Waals surface area contributed by atoms with Gasteiger partial charge in [-0.3, -0.25) is 4.68 Å². The van der Waals surface area contributed by atoms with Crippen LogP contribution in [0.1, 0.15) is 24.6 Å². The Balaban J connectivity index is 1.76. The van der Waals surface area contributed by atoms with Gasteiger partial charge in [-0.1, -0.05) is 0 Å². The number of aryl methyl sites for hydroxylation is 1. The summed E-state index contributed by atoms with van der Waals surface area (Å²) in [6.45, 7) is 3.62. The van der Waals surface area contributed by atoms with Gasteiger partial charge in [-0.2, -0.15) is 5.10 Å². The molecular formula is C13H16IN5O. The van der Waals surface area contributed by atoms with E-state index in [1.807, 2.05) is 17.8 Å². The van der Waals surface area contributed by atoms with Crippen molar-refractivity contribution in [3.05, 3.63) is 27.9 Å². The van der Waals surface area contributed by atoms with Gasteiger partial charge in [0.2, 0.25) is 5.95 Å². The Kier molecular flexibility index (Phi) is 4.16. The van der Waals surface area contributed by atoms with E-state index in [1.54, 1.807) is 12.4 Å². The number of ether oxygens (including phenoxy) is 1. The molecule has 0 spiro atoms. The molecule has 20 heavy (non-hydrogen) atoms. The van der Waals surface area contributed by atoms with Gasteiger partial charge >= 0.3 is 0 Å². The first-order valence-electron chi connectivity index (χ1n) is 6.60. The van der Waals surface area contributed by atoms with Gasteiger partial charge in [0.05, 0.1) is 17.4 Å². The minimum Gasteiger partial charge on any atom is -0.381 e. The van der Waals surface area contributed by atoms with Gasteiger partial charge < -0.3 is 10.1 Å². The Morgan fingerprint density at radius 3 is 2.70 bits per heavy atom. The summed E-state index contributed by atoms with van der Waals surface area (Å²) in [5, 5.41) is 7.81. The number of hydrogen-bond acceptors (Lipinski definition) is 5. The highest BCUT2D eigenvalue weighted by atomic mass is 127. The smallest absolute Gasteiger partial charge is 0.227 e. The third-order valence-corrected chi connectivity index (χ3v) is 3.91. The third-order valence-electron chi connectivity index (χ3n) is 3.35. The summed E-state index contributed by atoms with van der Waals surface area (Å²) in [6.07, 6.45) is 7.63. The maximum Gasteiger partial charge on any atom is 0.227 e. The third kappa shape index (κ3) is 3.09. The summed E-state index contributed by atoms with van der Waals surface area (Å²) < 4.78 is 8.44. The molecule has 0 saturated carbocycles. The van der Waals surface area contributed by atoms with Gasteiger partial charge in [0.15, 0.2) is 0 Å². The van der Waals surface area contributed by atoms with Crippen molar-refractivity contribution in [3.63, 3.8) is 0 Å². The van der Waals surface area contributed by atoms with Crippen LogP contribution in [0.5, 0.6) is 0 Å². The molecule has 1 saturated heterocycles. The number of rotatable bonds is 3. The molecule has 1 aliphatic rings. The lowest BCUT2D eigenvalue weighted by Gasteiger charge is -2.22. The molecule has 1 fully saturated rings. The molecule has 1 N–H and O–H groups in total. The van der Waals surface area contributed by atoms with Gasteiger partial charge in [-0.25, -0.2) is 9.97 Å². The van der Waals surface area contributed by atoms with Crippen molar-refractivity contribution in [2.45, 2.75) is 25.8 Å². The fourth-order valence-corrected chi connectivity index (χ4v) is 2.52. The van der Waals surface area contributed by atoms with E-state index in [0.717, 1.165) is 41.0 Å². The lowest BCUT2D eigenvalue weighted by molar-refractivity contribution is 0.0662. The summed E-state index contributed by atoms with van der Waals surface area (Å²) in [4.78, 5) is 8.50. The second-order valence-corrected chi connectivity index (χ2v) is 6.05. The minimum atomic E-state index is 0.427. The topological polar surface area (TPSA) is 64.9 Å². The monoisotopic (exact) mass is 385 g/mol. The number of halogens is 1. The molecule has 2 aromatic rings. The normalized spacial score (nSPS) is 16.3. The van der Waals surface area contributed by atoms with Gasteiger partial charge in [-0.05, 0) is 42.4 Å². The molecule has 0 amide bonds. The predicted molar refractivity (Wildman–Crippen MR) is 84.1 cm³/mol. The predicted octanol–water partition coefficient (Wildman–Crippen LogP) is 2.68. The summed E-state index contributed by atoms with van der Waals surface area (Å²) >= 11 is 2.19. The van der Waals surface area contributed by atoms with E-state index in [4.69, 9.17) is 4.74 Å². The molecule has 2 aromatic heterocycles. The largest absolute Gasteiger partial charge is 0.381 e. The Morgan fingerprint density at radius 2 is 2.00 bits per heavy atom. The van der Waals surface area contributed by atoms with Crippen LogP contribution < -0.4 is 5.32 Å². The van der Waals surface area contributed by atoms with E-state index in [2.05, 4.69) is 43.0 Å². The summed E-state index contributed by atoms with van der Waals surface area (Å²) in [5.41, 5.74) is 1.91. The number of nitrogens with zero attached hydrogens (tertiary/aromatic N) is 4. The van der Waals surface area contributed by atoms with Gasteiger partial charge in [0.1, 0.15) is 0 Å². The first-order valence-corrected chi connectivity index (χ1v) is 7.68. The average Bonchev–Trinajstić information content (AvgIpc) is 2.84. The summed E-state index contributed by atoms with van der Waals surface area (Å²) in [5.74, 6) is 0.597. The fraction of sp³-hybridized carbons (Fsp3) is 0.462. The van der Waals surface area contributed by atoms with Crippen LogP contribution >= 0.6 is 22.6 Å². The van der Waals surface area contributed by atoms with Crippen molar-refractivity contribution in [2.75, 3.05) is 18.5 Å². The highest BCUT2D eigenvalue weighted by molar-refractivity contribution is 14.1. The van der Waals surface area contributed by atoms with Crippen LogP contribution in [0.4, 0.5) is 11.6 Å². The molecule has 1 aliphatic heterocycles. The molecule has 0 atom stereocenters. The number of aromatic nitrogens is 4. The zero-order chi connectivity index (χ0) is 13.9. The summed E-state index contributed by atoms with van der Waals surface area (Å²) in [6, 6.07) is 0.427. The number of nitrogens with one attached hydrogen (secondary N) is 1. The van der Waals surface area contributed by atoms with E-state index in [-0.39, 0.29) is 0 Å². The molecule has 0 bridgehead atoms. The second-order valence-electron chi connectivity index (χ2n) is 4.80. The highest BCUT2D eigenvalue weighted by Gasteiger charge is 2.18. The van der Waals surface area contributed by atoms with Crippen molar-refractivity contribution >= 4 is 34.2 Å². The number of anilines is 2. The van der Waals surface area contributed by atoms with Crippen molar-refractivity contribution in [3.8, 4) is 0 Å². The first kappa shape index (κ1) is 13.7. The van der Waals surface area contributed by atoms with Crippen LogP contribution in [0.2, 0.25) is 0 Å². The number of hydrogen-bond donors (Lipinski definition) is 1. The van der Waals surface area contributed by atoms with Gasteiger partial charge in [0, 0.05) is 35.4 Å². The van der Waals surface area contributed by atoms with Crippen molar-refractivity contribution in [1.29, 1.82) is 0 Å². The van der Waals surface area contributed by atoms with Crippen LogP contribution in [0.15, 0.2) is 18.6 Å². The Hall–Kier alpha value is -1.22. The van der Waals surface area contributed by atoms with E-state index in [1.165, 1.54) is 0 Å². The zero-order valence-corrected chi connectivity index (χ0v) is 13.4. The standard InChI is InChI=1S/C13H16IN5O/c1-9-12(17-13-15-6-10(14)7-16-13)8-19(18-9)11-2-4-20-5-3-11/h6-8,11H,2-5H2,1H3,(H,15,16,17). The van der Waals surface area contributed by atoms with Crippen LogP contribution in [0.3, 0.4) is 0 Å². The van der Waals surface area contributed by atoms with Gasteiger partial charge in [-0.15, -0.1) is 0 Å². The average molecular weight is 385 g/mol. The fourth-order valence-electron chi connectivity index (χ4n) is 2.24. The lowest BCUT2D eigenvalue weighted by Crippen LogP contribution is -2.19. The highest BCUT2D eigenvalue weighted by Crippen LogP contribution is 2.24. The Morgan fingerprint density at radius 1 is 1.30 bits per heavy atom. The molecular weight excluding hydrogens is 369 g/mol.